The first-order chi connectivity index (χ1) is 8.12. The van der Waals surface area contributed by atoms with Crippen LogP contribution in [0, 0.1) is 0 Å². The summed E-state index contributed by atoms with van der Waals surface area (Å²) in [7, 11) is 0. The van der Waals surface area contributed by atoms with Gasteiger partial charge in [0.25, 0.3) is 0 Å². The number of nitrogens with one attached hydrogen (secondary N) is 1. The highest BCUT2D eigenvalue weighted by atomic mass is 15.1. The minimum atomic E-state index is 0.180. The van der Waals surface area contributed by atoms with Crippen LogP contribution >= 0.6 is 0 Å². The fourth-order valence-electron chi connectivity index (χ4n) is 2.62. The van der Waals surface area contributed by atoms with E-state index < -0.39 is 0 Å². The van der Waals surface area contributed by atoms with E-state index in [9.17, 15) is 0 Å². The Hall–Kier alpha value is -0.820. The smallest absolute Gasteiger partial charge is 0.0440 e. The van der Waals surface area contributed by atoms with Crippen LogP contribution in [-0.2, 0) is 11.0 Å². The maximum absolute atomic E-state index is 3.78. The highest BCUT2D eigenvalue weighted by Crippen LogP contribution is 2.47. The van der Waals surface area contributed by atoms with Crippen molar-refractivity contribution in [3.05, 3.63) is 35.4 Å². The van der Waals surface area contributed by atoms with E-state index in [0.29, 0.717) is 0 Å². The highest BCUT2D eigenvalue weighted by Gasteiger charge is 2.46. The topological polar surface area (TPSA) is 12.0 Å². The van der Waals surface area contributed by atoms with Crippen molar-refractivity contribution in [2.45, 2.75) is 70.9 Å². The maximum Gasteiger partial charge on any atom is 0.0440 e. The van der Waals surface area contributed by atoms with Gasteiger partial charge in [0.1, 0.15) is 0 Å². The summed E-state index contributed by atoms with van der Waals surface area (Å²) in [6, 6.07) is 9.21. The van der Waals surface area contributed by atoms with E-state index in [1.54, 1.807) is 0 Å². The lowest BCUT2D eigenvalue weighted by molar-refractivity contribution is 0.348. The van der Waals surface area contributed by atoms with Gasteiger partial charge in [0.15, 0.2) is 0 Å². The molecule has 2 rings (SSSR count). The second kappa shape index (κ2) is 4.09. The third kappa shape index (κ3) is 2.95. The van der Waals surface area contributed by atoms with Crippen molar-refractivity contribution in [1.82, 2.24) is 5.32 Å². The van der Waals surface area contributed by atoms with E-state index in [1.807, 2.05) is 0 Å². The third-order valence-corrected chi connectivity index (χ3v) is 3.67. The Kier molecular flexibility index (Phi) is 3.09. The van der Waals surface area contributed by atoms with Crippen molar-refractivity contribution < 1.29 is 0 Å². The van der Waals surface area contributed by atoms with Crippen molar-refractivity contribution in [2.75, 3.05) is 0 Å². The number of benzene rings is 1. The van der Waals surface area contributed by atoms with Crippen LogP contribution in [0.3, 0.4) is 0 Å². The van der Waals surface area contributed by atoms with Gasteiger partial charge in [0, 0.05) is 11.1 Å². The molecular weight excluding hydrogens is 218 g/mol. The molecule has 1 saturated carbocycles. The molecule has 1 aromatic rings. The Morgan fingerprint density at radius 2 is 1.39 bits per heavy atom. The van der Waals surface area contributed by atoms with Gasteiger partial charge in [0.05, 0.1) is 0 Å². The Morgan fingerprint density at radius 1 is 0.889 bits per heavy atom. The average molecular weight is 245 g/mol. The van der Waals surface area contributed by atoms with E-state index in [4.69, 9.17) is 0 Å². The molecule has 1 aliphatic rings. The molecular formula is C17H27N. The SMILES string of the molecule is CC(C)(C)NC1(c2ccc(C(C)(C)C)cc2)CC1. The zero-order chi connectivity index (χ0) is 13.6. The second-order valence-electron chi connectivity index (χ2n) is 7.78. The van der Waals surface area contributed by atoms with Crippen LogP contribution in [0.5, 0.6) is 0 Å². The quantitative estimate of drug-likeness (QED) is 0.816. The fraction of sp³-hybridized carbons (Fsp3) is 0.647. The van der Waals surface area contributed by atoms with Crippen LogP contribution in [0.2, 0.25) is 0 Å². The molecule has 0 saturated heterocycles. The zero-order valence-electron chi connectivity index (χ0n) is 12.7. The molecule has 0 bridgehead atoms. The molecule has 0 heterocycles. The summed E-state index contributed by atoms with van der Waals surface area (Å²) in [5.74, 6) is 0. The minimum Gasteiger partial charge on any atom is -0.303 e. The van der Waals surface area contributed by atoms with Gasteiger partial charge in [-0.1, -0.05) is 45.0 Å². The van der Waals surface area contributed by atoms with Crippen LogP contribution in [0.15, 0.2) is 24.3 Å². The first-order valence-corrected chi connectivity index (χ1v) is 7.03. The Morgan fingerprint density at radius 3 is 1.72 bits per heavy atom. The van der Waals surface area contributed by atoms with Crippen LogP contribution < -0.4 is 5.32 Å². The maximum atomic E-state index is 3.78. The van der Waals surface area contributed by atoms with Gasteiger partial charge >= 0.3 is 0 Å². The summed E-state index contributed by atoms with van der Waals surface area (Å²) in [5, 5.41) is 3.78. The largest absolute Gasteiger partial charge is 0.303 e. The number of hydrogen-bond donors (Lipinski definition) is 1. The third-order valence-electron chi connectivity index (χ3n) is 3.67. The van der Waals surface area contributed by atoms with Gasteiger partial charge < -0.3 is 5.32 Å². The van der Waals surface area contributed by atoms with E-state index in [-0.39, 0.29) is 16.5 Å². The van der Waals surface area contributed by atoms with Gasteiger partial charge in [0.2, 0.25) is 0 Å². The van der Waals surface area contributed by atoms with Crippen molar-refractivity contribution in [3.8, 4) is 0 Å². The number of rotatable bonds is 2. The van der Waals surface area contributed by atoms with Crippen molar-refractivity contribution >= 4 is 0 Å². The zero-order valence-corrected chi connectivity index (χ0v) is 12.7. The lowest BCUT2D eigenvalue weighted by atomic mass is 9.86. The van der Waals surface area contributed by atoms with Crippen molar-refractivity contribution in [1.29, 1.82) is 0 Å². The fourth-order valence-corrected chi connectivity index (χ4v) is 2.62. The Labute approximate surface area is 112 Å². The molecule has 18 heavy (non-hydrogen) atoms. The number of hydrogen-bond acceptors (Lipinski definition) is 1. The van der Waals surface area contributed by atoms with Gasteiger partial charge in [-0.25, -0.2) is 0 Å². The summed E-state index contributed by atoms with van der Waals surface area (Å²) in [6.45, 7) is 13.5. The van der Waals surface area contributed by atoms with E-state index in [1.165, 1.54) is 24.0 Å². The predicted molar refractivity (Wildman–Crippen MR) is 78.9 cm³/mol. The normalized spacial score (nSPS) is 18.8. The molecule has 0 unspecified atom stereocenters. The molecule has 0 spiro atoms. The second-order valence-corrected chi connectivity index (χ2v) is 7.78. The summed E-state index contributed by atoms with van der Waals surface area (Å²) >= 11 is 0. The Bertz CT molecular complexity index is 410. The molecule has 0 atom stereocenters. The molecule has 0 amide bonds. The molecule has 1 heteroatoms. The first-order valence-electron chi connectivity index (χ1n) is 7.03. The van der Waals surface area contributed by atoms with Crippen molar-refractivity contribution in [3.63, 3.8) is 0 Å². The minimum absolute atomic E-state index is 0.180. The van der Waals surface area contributed by atoms with E-state index >= 15 is 0 Å². The molecule has 0 aromatic heterocycles. The molecule has 0 aliphatic heterocycles. The van der Waals surface area contributed by atoms with Crippen molar-refractivity contribution in [2.24, 2.45) is 0 Å². The molecule has 1 nitrogen and oxygen atoms in total. The molecule has 1 aliphatic carbocycles. The van der Waals surface area contributed by atoms with Gasteiger partial charge in [-0.2, -0.15) is 0 Å². The van der Waals surface area contributed by atoms with Crippen LogP contribution in [0.4, 0.5) is 0 Å². The highest BCUT2D eigenvalue weighted by molar-refractivity contribution is 5.35. The molecule has 1 fully saturated rings. The van der Waals surface area contributed by atoms with E-state index in [2.05, 4.69) is 71.1 Å². The summed E-state index contributed by atoms with van der Waals surface area (Å²) in [5.41, 5.74) is 3.53. The van der Waals surface area contributed by atoms with Gasteiger partial charge in [-0.3, -0.25) is 0 Å². The summed E-state index contributed by atoms with van der Waals surface area (Å²) in [6.07, 6.45) is 2.53. The molecule has 1 N–H and O–H groups in total. The molecule has 0 radical (unpaired) electrons. The lowest BCUT2D eigenvalue weighted by Gasteiger charge is -2.29. The standard InChI is InChI=1S/C17H27N/c1-15(2,3)13-7-9-14(10-8-13)17(11-12-17)18-16(4,5)6/h7-10,18H,11-12H2,1-6H3. The van der Waals surface area contributed by atoms with Gasteiger partial charge in [-0.15, -0.1) is 0 Å². The Balaban J connectivity index is 2.20. The van der Waals surface area contributed by atoms with E-state index in [0.717, 1.165) is 0 Å². The lowest BCUT2D eigenvalue weighted by Crippen LogP contribution is -2.43. The monoisotopic (exact) mass is 245 g/mol. The average Bonchev–Trinajstić information content (AvgIpc) is 2.95. The van der Waals surface area contributed by atoms with Crippen LogP contribution in [0.1, 0.15) is 65.5 Å². The molecule has 1 aromatic carbocycles. The predicted octanol–water partition coefficient (Wildman–Crippen LogP) is 4.36. The first kappa shape index (κ1) is 13.6. The van der Waals surface area contributed by atoms with Crippen LogP contribution in [0.25, 0.3) is 0 Å². The molecule has 100 valence electrons. The summed E-state index contributed by atoms with van der Waals surface area (Å²) < 4.78 is 0. The van der Waals surface area contributed by atoms with Gasteiger partial charge in [-0.05, 0) is 50.2 Å². The van der Waals surface area contributed by atoms with Crippen LogP contribution in [-0.4, -0.2) is 5.54 Å². The summed E-state index contributed by atoms with van der Waals surface area (Å²) in [4.78, 5) is 0.